The van der Waals surface area contributed by atoms with Crippen LogP contribution >= 0.6 is 12.2 Å². The van der Waals surface area contributed by atoms with Crippen molar-refractivity contribution in [2.75, 3.05) is 19.7 Å². The van der Waals surface area contributed by atoms with Crippen LogP contribution in [0.15, 0.2) is 24.3 Å². The molecule has 1 heterocycles. The zero-order valence-electron chi connectivity index (χ0n) is 16.2. The van der Waals surface area contributed by atoms with Gasteiger partial charge in [0.25, 0.3) is 5.91 Å². The number of thiocarbonyl (C=S) groups is 1. The van der Waals surface area contributed by atoms with Crippen LogP contribution in [0.4, 0.5) is 0 Å². The third-order valence-corrected chi connectivity index (χ3v) is 4.30. The number of carbonyl (C=O) groups is 3. The first kappa shape index (κ1) is 21.6. The van der Waals surface area contributed by atoms with E-state index < -0.39 is 17.9 Å². The van der Waals surface area contributed by atoms with Gasteiger partial charge >= 0.3 is 5.97 Å². The molecule has 2 N–H and O–H groups in total. The van der Waals surface area contributed by atoms with Crippen LogP contribution < -0.4 is 15.4 Å². The number of nitrogens with zero attached hydrogens (tertiary/aromatic N) is 1. The summed E-state index contributed by atoms with van der Waals surface area (Å²) in [5.41, 5.74) is 0.404. The van der Waals surface area contributed by atoms with Gasteiger partial charge in [0, 0.05) is 18.7 Å². The first-order chi connectivity index (χ1) is 13.3. The zero-order chi connectivity index (χ0) is 20.7. The van der Waals surface area contributed by atoms with Crippen molar-refractivity contribution in [1.29, 1.82) is 0 Å². The zero-order valence-corrected chi connectivity index (χ0v) is 17.0. The number of carbonyl (C=O) groups excluding carboxylic acids is 3. The maximum Gasteiger partial charge on any atom is 0.308 e. The Morgan fingerprint density at radius 1 is 1.32 bits per heavy atom. The molecule has 2 amide bonds. The molecule has 0 radical (unpaired) electrons. The fourth-order valence-electron chi connectivity index (χ4n) is 2.74. The van der Waals surface area contributed by atoms with Gasteiger partial charge in [0.1, 0.15) is 11.8 Å². The molecule has 28 heavy (non-hydrogen) atoms. The van der Waals surface area contributed by atoms with E-state index in [0.717, 1.165) is 0 Å². The molecule has 8 nitrogen and oxygen atoms in total. The Kier molecular flexibility index (Phi) is 7.74. The Morgan fingerprint density at radius 3 is 2.61 bits per heavy atom. The van der Waals surface area contributed by atoms with Crippen LogP contribution in [0.2, 0.25) is 0 Å². The van der Waals surface area contributed by atoms with Gasteiger partial charge in [-0.1, -0.05) is 0 Å². The summed E-state index contributed by atoms with van der Waals surface area (Å²) in [7, 11) is 0. The number of hydrogen-bond donors (Lipinski definition) is 2. The van der Waals surface area contributed by atoms with Gasteiger partial charge in [-0.3, -0.25) is 19.7 Å². The van der Waals surface area contributed by atoms with E-state index in [1.54, 1.807) is 36.1 Å². The van der Waals surface area contributed by atoms with Gasteiger partial charge in [-0.2, -0.15) is 0 Å². The van der Waals surface area contributed by atoms with Gasteiger partial charge in [-0.15, -0.1) is 0 Å². The van der Waals surface area contributed by atoms with E-state index in [1.165, 1.54) is 0 Å². The Labute approximate surface area is 169 Å². The van der Waals surface area contributed by atoms with Crippen molar-refractivity contribution < 1.29 is 23.9 Å². The van der Waals surface area contributed by atoms with E-state index >= 15 is 0 Å². The van der Waals surface area contributed by atoms with Crippen LogP contribution in [-0.2, 0) is 14.3 Å². The van der Waals surface area contributed by atoms with Gasteiger partial charge in [0.2, 0.25) is 5.91 Å². The molecule has 1 aliphatic heterocycles. The number of nitrogens with one attached hydrogen (secondary N) is 2. The van der Waals surface area contributed by atoms with E-state index in [-0.39, 0.29) is 30.2 Å². The lowest BCUT2D eigenvalue weighted by Crippen LogP contribution is -2.60. The highest BCUT2D eigenvalue weighted by Crippen LogP contribution is 2.15. The van der Waals surface area contributed by atoms with Gasteiger partial charge in [0.15, 0.2) is 5.11 Å². The quantitative estimate of drug-likeness (QED) is 0.541. The Balaban J connectivity index is 2.03. The van der Waals surface area contributed by atoms with Gasteiger partial charge in [-0.05, 0) is 57.3 Å². The fourth-order valence-corrected chi connectivity index (χ4v) is 3.05. The highest BCUT2D eigenvalue weighted by molar-refractivity contribution is 7.80. The molecule has 0 aromatic heterocycles. The fraction of sp³-hybridized carbons (Fsp3) is 0.474. The largest absolute Gasteiger partial charge is 0.491 e. The molecule has 1 aliphatic rings. The number of benzene rings is 1. The molecule has 0 aliphatic carbocycles. The molecule has 2 rings (SSSR count). The summed E-state index contributed by atoms with van der Waals surface area (Å²) in [6.07, 6.45) is -0.106. The first-order valence-corrected chi connectivity index (χ1v) is 9.54. The molecule has 152 valence electrons. The number of hydrogen-bond acceptors (Lipinski definition) is 6. The Bertz CT molecular complexity index is 736. The normalized spacial score (nSPS) is 16.4. The van der Waals surface area contributed by atoms with Crippen LogP contribution in [0, 0.1) is 0 Å². The van der Waals surface area contributed by atoms with Crippen molar-refractivity contribution in [3.05, 3.63) is 29.8 Å². The predicted octanol–water partition coefficient (Wildman–Crippen LogP) is 1.24. The third kappa shape index (κ3) is 5.91. The molecule has 0 bridgehead atoms. The van der Waals surface area contributed by atoms with Gasteiger partial charge < -0.3 is 19.7 Å². The minimum absolute atomic E-state index is 0.0360. The molecule has 1 saturated heterocycles. The number of piperazine rings is 1. The van der Waals surface area contributed by atoms with Crippen molar-refractivity contribution in [1.82, 2.24) is 15.5 Å². The smallest absolute Gasteiger partial charge is 0.308 e. The van der Waals surface area contributed by atoms with E-state index in [9.17, 15) is 14.4 Å². The van der Waals surface area contributed by atoms with E-state index in [2.05, 4.69) is 10.6 Å². The lowest BCUT2D eigenvalue weighted by Gasteiger charge is -2.36. The van der Waals surface area contributed by atoms with Crippen molar-refractivity contribution in [2.24, 2.45) is 0 Å². The molecule has 1 aromatic rings. The molecule has 1 aromatic carbocycles. The van der Waals surface area contributed by atoms with Crippen molar-refractivity contribution >= 4 is 35.1 Å². The second-order valence-electron chi connectivity index (χ2n) is 6.46. The van der Waals surface area contributed by atoms with Crippen molar-refractivity contribution in [3.63, 3.8) is 0 Å². The number of ether oxygens (including phenoxy) is 2. The van der Waals surface area contributed by atoms with Crippen LogP contribution in [0.1, 0.15) is 37.6 Å². The maximum atomic E-state index is 12.5. The summed E-state index contributed by atoms with van der Waals surface area (Å²) < 4.78 is 10.5. The minimum atomic E-state index is -0.817. The second-order valence-corrected chi connectivity index (χ2v) is 6.85. The minimum Gasteiger partial charge on any atom is -0.491 e. The second kappa shape index (κ2) is 10.0. The number of rotatable bonds is 6. The lowest BCUT2D eigenvalue weighted by atomic mass is 10.1. The lowest BCUT2D eigenvalue weighted by molar-refractivity contribution is -0.147. The molecule has 1 unspecified atom stereocenters. The van der Waals surface area contributed by atoms with E-state index in [4.69, 9.17) is 21.7 Å². The van der Waals surface area contributed by atoms with E-state index in [1.807, 2.05) is 13.8 Å². The molecule has 1 fully saturated rings. The predicted molar refractivity (Wildman–Crippen MR) is 107 cm³/mol. The molecular weight excluding hydrogens is 382 g/mol. The molecule has 9 heteroatoms. The van der Waals surface area contributed by atoms with Crippen molar-refractivity contribution in [3.8, 4) is 5.75 Å². The molecule has 0 saturated carbocycles. The SMILES string of the molecule is CCOC(=O)CC1C(=O)NCCN1C(=S)NC(=O)c1ccc(OC(C)C)cc1. The van der Waals surface area contributed by atoms with Crippen LogP contribution in [-0.4, -0.2) is 59.6 Å². The highest BCUT2D eigenvalue weighted by atomic mass is 32.1. The van der Waals surface area contributed by atoms with Gasteiger partial charge in [-0.25, -0.2) is 0 Å². The van der Waals surface area contributed by atoms with Crippen LogP contribution in [0.5, 0.6) is 5.75 Å². The first-order valence-electron chi connectivity index (χ1n) is 9.13. The van der Waals surface area contributed by atoms with Crippen LogP contribution in [0.25, 0.3) is 0 Å². The number of amides is 2. The Morgan fingerprint density at radius 2 is 2.00 bits per heavy atom. The average Bonchev–Trinajstić information content (AvgIpc) is 2.63. The summed E-state index contributed by atoms with van der Waals surface area (Å²) in [6.45, 7) is 6.51. The Hall–Kier alpha value is -2.68. The number of esters is 1. The summed E-state index contributed by atoms with van der Waals surface area (Å²) in [4.78, 5) is 38.0. The molecular formula is C19H25N3O5S. The summed E-state index contributed by atoms with van der Waals surface area (Å²) >= 11 is 5.32. The monoisotopic (exact) mass is 407 g/mol. The topological polar surface area (TPSA) is 97.0 Å². The van der Waals surface area contributed by atoms with Crippen LogP contribution in [0.3, 0.4) is 0 Å². The summed E-state index contributed by atoms with van der Waals surface area (Å²) in [5, 5.41) is 5.42. The molecule has 1 atom stereocenters. The highest BCUT2D eigenvalue weighted by Gasteiger charge is 2.34. The summed E-state index contributed by atoms with van der Waals surface area (Å²) in [6, 6.07) is 5.86. The average molecular weight is 407 g/mol. The maximum absolute atomic E-state index is 12.5. The van der Waals surface area contributed by atoms with Gasteiger partial charge in [0.05, 0.1) is 19.1 Å². The standard InChI is InChI=1S/C19H25N3O5S/c1-4-26-16(23)11-15-18(25)20-9-10-22(15)19(28)21-17(24)13-5-7-14(8-6-13)27-12(2)3/h5-8,12,15H,4,9-11H2,1-3H3,(H,20,25)(H,21,24,28). The molecule has 0 spiro atoms. The van der Waals surface area contributed by atoms with E-state index in [0.29, 0.717) is 24.4 Å². The van der Waals surface area contributed by atoms with Crippen molar-refractivity contribution in [2.45, 2.75) is 39.3 Å². The third-order valence-electron chi connectivity index (χ3n) is 3.97. The summed E-state index contributed by atoms with van der Waals surface area (Å²) in [5.74, 6) is -0.561.